The number of nitrogens with zero attached hydrogens (tertiary/aromatic N) is 1. The third-order valence-electron chi connectivity index (χ3n) is 2.56. The van der Waals surface area contributed by atoms with Crippen molar-refractivity contribution in [3.05, 3.63) is 0 Å². The molecule has 0 saturated carbocycles. The predicted molar refractivity (Wildman–Crippen MR) is 62.2 cm³/mol. The Morgan fingerprint density at radius 3 is 2.60 bits per heavy atom. The van der Waals surface area contributed by atoms with E-state index in [0.29, 0.717) is 31.0 Å². The van der Waals surface area contributed by atoms with Crippen LogP contribution in [0.3, 0.4) is 0 Å². The Hall–Kier alpha value is -0.420. The third-order valence-corrected chi connectivity index (χ3v) is 3.84. The lowest BCUT2D eigenvalue weighted by Crippen LogP contribution is -2.44. The number of nitrogens with one attached hydrogen (secondary N) is 1. The SMILES string of the molecule is CCNC(C)CC(=O)N1CCS(=O)CC1. The molecule has 1 amide bonds. The minimum Gasteiger partial charge on any atom is -0.341 e. The van der Waals surface area contributed by atoms with Gasteiger partial charge in [0.2, 0.25) is 5.91 Å². The first-order valence-corrected chi connectivity index (χ1v) is 6.98. The molecule has 0 bridgehead atoms. The van der Waals surface area contributed by atoms with Crippen LogP contribution in [0.2, 0.25) is 0 Å². The summed E-state index contributed by atoms with van der Waals surface area (Å²) in [7, 11) is -0.703. The van der Waals surface area contributed by atoms with Crippen molar-refractivity contribution in [3.8, 4) is 0 Å². The van der Waals surface area contributed by atoms with Crippen LogP contribution in [0.5, 0.6) is 0 Å². The second-order valence-electron chi connectivity index (χ2n) is 3.89. The molecule has 1 heterocycles. The summed E-state index contributed by atoms with van der Waals surface area (Å²) in [5.41, 5.74) is 0. The van der Waals surface area contributed by atoms with Crippen LogP contribution < -0.4 is 5.32 Å². The van der Waals surface area contributed by atoms with Gasteiger partial charge in [-0.3, -0.25) is 9.00 Å². The minimum atomic E-state index is -0.703. The molecule has 1 unspecified atom stereocenters. The number of carbonyl (C=O) groups excluding carboxylic acids is 1. The van der Waals surface area contributed by atoms with E-state index in [0.717, 1.165) is 6.54 Å². The molecule has 0 aromatic carbocycles. The van der Waals surface area contributed by atoms with E-state index in [-0.39, 0.29) is 11.9 Å². The first-order chi connectivity index (χ1) is 7.13. The lowest BCUT2D eigenvalue weighted by atomic mass is 10.2. The summed E-state index contributed by atoms with van der Waals surface area (Å²) in [6.07, 6.45) is 0.542. The highest BCUT2D eigenvalue weighted by Crippen LogP contribution is 2.04. The summed E-state index contributed by atoms with van der Waals surface area (Å²) in [4.78, 5) is 13.6. The molecule has 0 aromatic rings. The van der Waals surface area contributed by atoms with Crippen LogP contribution in [-0.2, 0) is 15.6 Å². The third kappa shape index (κ3) is 4.30. The van der Waals surface area contributed by atoms with Crippen LogP contribution in [0.25, 0.3) is 0 Å². The first kappa shape index (κ1) is 12.6. The van der Waals surface area contributed by atoms with Gasteiger partial charge in [-0.25, -0.2) is 0 Å². The highest BCUT2D eigenvalue weighted by Gasteiger charge is 2.20. The average molecular weight is 232 g/mol. The van der Waals surface area contributed by atoms with Gasteiger partial charge in [-0.15, -0.1) is 0 Å². The number of rotatable bonds is 4. The summed E-state index contributed by atoms with van der Waals surface area (Å²) in [5.74, 6) is 1.46. The molecule has 15 heavy (non-hydrogen) atoms. The zero-order valence-electron chi connectivity index (χ0n) is 9.49. The van der Waals surface area contributed by atoms with Gasteiger partial charge in [0.1, 0.15) is 0 Å². The highest BCUT2D eigenvalue weighted by molar-refractivity contribution is 7.85. The summed E-state index contributed by atoms with van der Waals surface area (Å²) in [5, 5.41) is 3.22. The molecular formula is C10H20N2O2S. The monoisotopic (exact) mass is 232 g/mol. The molecule has 1 N–H and O–H groups in total. The molecule has 1 aliphatic rings. The fraction of sp³-hybridized carbons (Fsp3) is 0.900. The lowest BCUT2D eigenvalue weighted by Gasteiger charge is -2.27. The van der Waals surface area contributed by atoms with Gasteiger partial charge in [-0.05, 0) is 13.5 Å². The molecule has 0 spiro atoms. The Labute approximate surface area is 93.9 Å². The predicted octanol–water partition coefficient (Wildman–Crippen LogP) is -0.0346. The molecule has 88 valence electrons. The molecule has 1 atom stereocenters. The van der Waals surface area contributed by atoms with Crippen molar-refractivity contribution >= 4 is 16.7 Å². The van der Waals surface area contributed by atoms with E-state index >= 15 is 0 Å². The summed E-state index contributed by atoms with van der Waals surface area (Å²) < 4.78 is 11.1. The van der Waals surface area contributed by atoms with Crippen LogP contribution >= 0.6 is 0 Å². The molecular weight excluding hydrogens is 212 g/mol. The maximum Gasteiger partial charge on any atom is 0.224 e. The van der Waals surface area contributed by atoms with E-state index in [9.17, 15) is 9.00 Å². The summed E-state index contributed by atoms with van der Waals surface area (Å²) in [6.45, 7) is 6.25. The van der Waals surface area contributed by atoms with Crippen molar-refractivity contribution in [2.24, 2.45) is 0 Å². The normalized spacial score (nSPS) is 20.3. The fourth-order valence-electron chi connectivity index (χ4n) is 1.70. The maximum absolute atomic E-state index is 11.8. The second kappa shape index (κ2) is 6.23. The fourth-order valence-corrected chi connectivity index (χ4v) is 2.75. The quantitative estimate of drug-likeness (QED) is 0.740. The Morgan fingerprint density at radius 2 is 2.07 bits per heavy atom. The van der Waals surface area contributed by atoms with Gasteiger partial charge in [0, 0.05) is 47.9 Å². The molecule has 0 aliphatic carbocycles. The van der Waals surface area contributed by atoms with E-state index in [1.54, 1.807) is 0 Å². The largest absolute Gasteiger partial charge is 0.341 e. The molecule has 1 rings (SSSR count). The van der Waals surface area contributed by atoms with Crippen LogP contribution in [-0.4, -0.2) is 52.2 Å². The number of carbonyl (C=O) groups is 1. The number of hydrogen-bond acceptors (Lipinski definition) is 3. The lowest BCUT2D eigenvalue weighted by molar-refractivity contribution is -0.131. The van der Waals surface area contributed by atoms with Gasteiger partial charge in [0.25, 0.3) is 0 Å². The molecule has 4 nitrogen and oxygen atoms in total. The van der Waals surface area contributed by atoms with E-state index in [4.69, 9.17) is 0 Å². The molecule has 1 fully saturated rings. The van der Waals surface area contributed by atoms with Gasteiger partial charge >= 0.3 is 0 Å². The van der Waals surface area contributed by atoms with Gasteiger partial charge in [0.15, 0.2) is 0 Å². The average Bonchev–Trinajstić information content (AvgIpc) is 2.18. The standard InChI is InChI=1S/C10H20N2O2S/c1-3-11-9(2)8-10(13)12-4-6-15(14)7-5-12/h9,11H,3-8H2,1-2H3. The molecule has 0 aromatic heterocycles. The van der Waals surface area contributed by atoms with Gasteiger partial charge in [-0.1, -0.05) is 6.92 Å². The Bertz CT molecular complexity index is 236. The van der Waals surface area contributed by atoms with E-state index in [2.05, 4.69) is 5.32 Å². The molecule has 1 saturated heterocycles. The van der Waals surface area contributed by atoms with Gasteiger partial charge in [0.05, 0.1) is 0 Å². The van der Waals surface area contributed by atoms with Crippen LogP contribution in [0.1, 0.15) is 20.3 Å². The van der Waals surface area contributed by atoms with Crippen molar-refractivity contribution in [1.29, 1.82) is 0 Å². The van der Waals surface area contributed by atoms with E-state index in [1.807, 2.05) is 18.7 Å². The van der Waals surface area contributed by atoms with Crippen molar-refractivity contribution in [1.82, 2.24) is 10.2 Å². The van der Waals surface area contributed by atoms with Crippen molar-refractivity contribution in [2.75, 3.05) is 31.1 Å². The number of amides is 1. The van der Waals surface area contributed by atoms with Crippen molar-refractivity contribution in [3.63, 3.8) is 0 Å². The minimum absolute atomic E-state index is 0.181. The molecule has 1 aliphatic heterocycles. The maximum atomic E-state index is 11.8. The Kier molecular flexibility index (Phi) is 5.25. The Morgan fingerprint density at radius 1 is 1.47 bits per heavy atom. The zero-order valence-corrected chi connectivity index (χ0v) is 10.3. The summed E-state index contributed by atoms with van der Waals surface area (Å²) in [6, 6.07) is 0.231. The van der Waals surface area contributed by atoms with E-state index in [1.165, 1.54) is 0 Å². The highest BCUT2D eigenvalue weighted by atomic mass is 32.2. The first-order valence-electron chi connectivity index (χ1n) is 5.49. The van der Waals surface area contributed by atoms with Crippen LogP contribution in [0.4, 0.5) is 0 Å². The topological polar surface area (TPSA) is 49.4 Å². The molecule has 0 radical (unpaired) electrons. The van der Waals surface area contributed by atoms with Crippen LogP contribution in [0, 0.1) is 0 Å². The zero-order chi connectivity index (χ0) is 11.3. The Balaban J connectivity index is 2.30. The van der Waals surface area contributed by atoms with Gasteiger partial charge in [-0.2, -0.15) is 0 Å². The van der Waals surface area contributed by atoms with Crippen LogP contribution in [0.15, 0.2) is 0 Å². The van der Waals surface area contributed by atoms with E-state index < -0.39 is 10.8 Å². The smallest absolute Gasteiger partial charge is 0.224 e. The van der Waals surface area contributed by atoms with Gasteiger partial charge < -0.3 is 10.2 Å². The number of hydrogen-bond donors (Lipinski definition) is 1. The van der Waals surface area contributed by atoms with Crippen molar-refractivity contribution < 1.29 is 9.00 Å². The second-order valence-corrected chi connectivity index (χ2v) is 5.59. The molecule has 5 heteroatoms. The summed E-state index contributed by atoms with van der Waals surface area (Å²) >= 11 is 0. The van der Waals surface area contributed by atoms with Crippen molar-refractivity contribution in [2.45, 2.75) is 26.3 Å².